The van der Waals surface area contributed by atoms with Crippen LogP contribution >= 0.6 is 11.6 Å². The first-order valence-electron chi connectivity index (χ1n) is 9.45. The molecule has 1 amide bonds. The number of hydrogen-bond acceptors (Lipinski definition) is 4. The van der Waals surface area contributed by atoms with Crippen LogP contribution in [0.2, 0.25) is 5.02 Å². The molecule has 0 fully saturated rings. The summed E-state index contributed by atoms with van der Waals surface area (Å²) in [7, 11) is 0. The van der Waals surface area contributed by atoms with E-state index in [1.165, 1.54) is 12.1 Å². The van der Waals surface area contributed by atoms with Crippen molar-refractivity contribution in [1.29, 1.82) is 0 Å². The minimum Gasteiger partial charge on any atom is -0.380 e. The SMILES string of the molecule is CCOCCn1c(CN[C@@H](C)C(N)=O)nc2ccc(-c3ccc(F)cc3Cl)cc21. The number of nitrogens with zero attached hydrogens (tertiary/aromatic N) is 2. The average molecular weight is 419 g/mol. The molecule has 6 nitrogen and oxygen atoms in total. The molecule has 0 radical (unpaired) electrons. The van der Waals surface area contributed by atoms with Crippen molar-refractivity contribution >= 4 is 28.5 Å². The van der Waals surface area contributed by atoms with Crippen LogP contribution in [-0.4, -0.2) is 34.7 Å². The molecule has 29 heavy (non-hydrogen) atoms. The monoisotopic (exact) mass is 418 g/mol. The van der Waals surface area contributed by atoms with Crippen molar-refractivity contribution in [2.24, 2.45) is 5.73 Å². The Hall–Kier alpha value is -2.48. The zero-order valence-corrected chi connectivity index (χ0v) is 17.2. The number of halogens is 2. The fourth-order valence-electron chi connectivity index (χ4n) is 3.09. The molecule has 0 aliphatic rings. The van der Waals surface area contributed by atoms with Crippen LogP contribution in [0.4, 0.5) is 4.39 Å². The van der Waals surface area contributed by atoms with Crippen molar-refractivity contribution in [2.45, 2.75) is 33.0 Å². The minimum atomic E-state index is -0.469. The first-order valence-corrected chi connectivity index (χ1v) is 9.83. The minimum absolute atomic E-state index is 0.349. The van der Waals surface area contributed by atoms with Crippen LogP contribution in [0.3, 0.4) is 0 Å². The molecule has 0 saturated heterocycles. The fourth-order valence-corrected chi connectivity index (χ4v) is 3.37. The number of ether oxygens (including phenoxy) is 1. The van der Waals surface area contributed by atoms with Crippen LogP contribution in [0, 0.1) is 5.82 Å². The number of rotatable bonds is 9. The van der Waals surface area contributed by atoms with Crippen molar-refractivity contribution in [1.82, 2.24) is 14.9 Å². The Kier molecular flexibility index (Phi) is 6.84. The van der Waals surface area contributed by atoms with Gasteiger partial charge in [0.25, 0.3) is 0 Å². The highest BCUT2D eigenvalue weighted by Gasteiger charge is 2.15. The van der Waals surface area contributed by atoms with Crippen LogP contribution in [0.1, 0.15) is 19.7 Å². The summed E-state index contributed by atoms with van der Waals surface area (Å²) < 4.78 is 21.0. The van der Waals surface area contributed by atoms with Gasteiger partial charge in [-0.15, -0.1) is 0 Å². The Bertz CT molecular complexity index is 1020. The standard InChI is InChI=1S/C21H24ClFN4O2/c1-3-29-9-8-27-19-10-14(16-6-5-15(23)11-17(16)22)4-7-18(19)26-20(27)12-25-13(2)21(24)28/h4-7,10-11,13,25H,3,8-9,12H2,1-2H3,(H2,24,28)/t13-/m0/s1. The van der Waals surface area contributed by atoms with E-state index in [4.69, 9.17) is 27.1 Å². The third-order valence-electron chi connectivity index (χ3n) is 4.73. The molecule has 1 heterocycles. The molecule has 8 heteroatoms. The number of amides is 1. The van der Waals surface area contributed by atoms with Gasteiger partial charge in [0.2, 0.25) is 5.91 Å². The highest BCUT2D eigenvalue weighted by Crippen LogP contribution is 2.31. The van der Waals surface area contributed by atoms with Crippen molar-refractivity contribution in [3.63, 3.8) is 0 Å². The van der Waals surface area contributed by atoms with Crippen molar-refractivity contribution in [3.8, 4) is 11.1 Å². The van der Waals surface area contributed by atoms with Gasteiger partial charge in [-0.1, -0.05) is 17.7 Å². The summed E-state index contributed by atoms with van der Waals surface area (Å²) in [6.07, 6.45) is 0. The van der Waals surface area contributed by atoms with Crippen LogP contribution in [0.15, 0.2) is 36.4 Å². The second-order valence-electron chi connectivity index (χ2n) is 6.71. The van der Waals surface area contributed by atoms with E-state index in [1.54, 1.807) is 13.0 Å². The number of nitrogens with one attached hydrogen (secondary N) is 1. The van der Waals surface area contributed by atoms with Gasteiger partial charge in [-0.3, -0.25) is 10.1 Å². The molecule has 2 aromatic carbocycles. The summed E-state index contributed by atoms with van der Waals surface area (Å²) in [5, 5.41) is 3.44. The van der Waals surface area contributed by atoms with E-state index in [-0.39, 0.29) is 5.82 Å². The summed E-state index contributed by atoms with van der Waals surface area (Å²) in [5.41, 5.74) is 8.66. The van der Waals surface area contributed by atoms with Gasteiger partial charge in [-0.2, -0.15) is 0 Å². The summed E-state index contributed by atoms with van der Waals surface area (Å²) in [5.74, 6) is -0.0242. The Morgan fingerprint density at radius 3 is 2.83 bits per heavy atom. The van der Waals surface area contributed by atoms with Crippen LogP contribution in [-0.2, 0) is 22.6 Å². The number of carbonyl (C=O) groups is 1. The van der Waals surface area contributed by atoms with E-state index in [1.807, 2.05) is 29.7 Å². The maximum absolute atomic E-state index is 13.4. The third kappa shape index (κ3) is 4.93. The van der Waals surface area contributed by atoms with Gasteiger partial charge in [0, 0.05) is 18.7 Å². The number of hydrogen-bond donors (Lipinski definition) is 2. The number of nitrogens with two attached hydrogens (primary N) is 1. The lowest BCUT2D eigenvalue weighted by Crippen LogP contribution is -2.38. The molecule has 3 aromatic rings. The first-order chi connectivity index (χ1) is 13.9. The summed E-state index contributed by atoms with van der Waals surface area (Å²) in [6, 6.07) is 9.67. The number of benzene rings is 2. The second-order valence-corrected chi connectivity index (χ2v) is 7.12. The van der Waals surface area contributed by atoms with Crippen molar-refractivity contribution in [3.05, 3.63) is 53.1 Å². The molecule has 3 N–H and O–H groups in total. The lowest BCUT2D eigenvalue weighted by atomic mass is 10.0. The molecule has 1 atom stereocenters. The largest absolute Gasteiger partial charge is 0.380 e. The number of primary amides is 1. The Morgan fingerprint density at radius 2 is 2.14 bits per heavy atom. The molecule has 0 aliphatic carbocycles. The van der Waals surface area contributed by atoms with Crippen LogP contribution in [0.5, 0.6) is 0 Å². The molecule has 3 rings (SSSR count). The zero-order chi connectivity index (χ0) is 21.0. The predicted octanol–water partition coefficient (Wildman–Crippen LogP) is 3.50. The average Bonchev–Trinajstić information content (AvgIpc) is 3.03. The van der Waals surface area contributed by atoms with E-state index in [0.29, 0.717) is 31.3 Å². The van der Waals surface area contributed by atoms with Gasteiger partial charge in [0.05, 0.1) is 35.2 Å². The van der Waals surface area contributed by atoms with Crippen molar-refractivity contribution in [2.75, 3.05) is 13.2 Å². The predicted molar refractivity (Wildman–Crippen MR) is 112 cm³/mol. The molecule has 0 spiro atoms. The normalized spacial score (nSPS) is 12.4. The molecule has 0 saturated carbocycles. The quantitative estimate of drug-likeness (QED) is 0.521. The van der Waals surface area contributed by atoms with Gasteiger partial charge in [0.15, 0.2) is 0 Å². The van der Waals surface area contributed by atoms with Crippen molar-refractivity contribution < 1.29 is 13.9 Å². The topological polar surface area (TPSA) is 82.2 Å². The molecule has 154 valence electrons. The maximum atomic E-state index is 13.4. The van der Waals surface area contributed by atoms with E-state index in [2.05, 4.69) is 5.32 Å². The lowest BCUT2D eigenvalue weighted by Gasteiger charge is -2.13. The van der Waals surface area contributed by atoms with E-state index in [9.17, 15) is 9.18 Å². The smallest absolute Gasteiger partial charge is 0.234 e. The highest BCUT2D eigenvalue weighted by molar-refractivity contribution is 6.33. The molecule has 1 aromatic heterocycles. The molecule has 0 bridgehead atoms. The van der Waals surface area contributed by atoms with Gasteiger partial charge in [-0.25, -0.2) is 9.37 Å². The number of aromatic nitrogens is 2. The zero-order valence-electron chi connectivity index (χ0n) is 16.4. The van der Waals surface area contributed by atoms with E-state index < -0.39 is 11.9 Å². The maximum Gasteiger partial charge on any atom is 0.234 e. The van der Waals surface area contributed by atoms with Crippen LogP contribution in [0.25, 0.3) is 22.2 Å². The number of imidazole rings is 1. The Balaban J connectivity index is 2.00. The van der Waals surface area contributed by atoms with Gasteiger partial charge < -0.3 is 15.0 Å². The Labute approximate surface area is 173 Å². The van der Waals surface area contributed by atoms with E-state index in [0.717, 1.165) is 28.0 Å². The van der Waals surface area contributed by atoms with Gasteiger partial charge >= 0.3 is 0 Å². The van der Waals surface area contributed by atoms with Crippen LogP contribution < -0.4 is 11.1 Å². The molecular weight excluding hydrogens is 395 g/mol. The third-order valence-corrected chi connectivity index (χ3v) is 5.04. The first kappa shape index (κ1) is 21.2. The van der Waals surface area contributed by atoms with Gasteiger partial charge in [0.1, 0.15) is 11.6 Å². The highest BCUT2D eigenvalue weighted by atomic mass is 35.5. The summed E-state index contributed by atoms with van der Waals surface area (Å²) in [6.45, 7) is 5.80. The van der Waals surface area contributed by atoms with E-state index >= 15 is 0 Å². The Morgan fingerprint density at radius 1 is 1.34 bits per heavy atom. The molecule has 0 unspecified atom stereocenters. The molecule has 0 aliphatic heterocycles. The number of carbonyl (C=O) groups excluding carboxylic acids is 1. The fraction of sp³-hybridized carbons (Fsp3) is 0.333. The lowest BCUT2D eigenvalue weighted by molar-refractivity contribution is -0.119. The number of fused-ring (bicyclic) bond motifs is 1. The second kappa shape index (κ2) is 9.35. The van der Waals surface area contributed by atoms with Gasteiger partial charge in [-0.05, 0) is 49.7 Å². The summed E-state index contributed by atoms with van der Waals surface area (Å²) >= 11 is 6.24. The molecular formula is C21H24ClFN4O2. The summed E-state index contributed by atoms with van der Waals surface area (Å²) in [4.78, 5) is 16.0.